The third-order valence-corrected chi connectivity index (χ3v) is 2.42. The quantitative estimate of drug-likeness (QED) is 0.462. The van der Waals surface area contributed by atoms with Gasteiger partial charge in [-0.3, -0.25) is 0 Å². The highest BCUT2D eigenvalue weighted by molar-refractivity contribution is 14.1. The molecule has 0 radical (unpaired) electrons. The van der Waals surface area contributed by atoms with Crippen molar-refractivity contribution in [1.29, 1.82) is 5.26 Å². The molecule has 0 unspecified atom stereocenters. The number of nitro groups is 1. The van der Waals surface area contributed by atoms with Crippen molar-refractivity contribution in [2.45, 2.75) is 12.8 Å². The molecular formula is C8H3F3IN3O3. The summed E-state index contributed by atoms with van der Waals surface area (Å²) in [4.78, 5) is 12.9. The van der Waals surface area contributed by atoms with Gasteiger partial charge in [0.2, 0.25) is 5.75 Å². The molecule has 10 heteroatoms. The van der Waals surface area contributed by atoms with Crippen LogP contribution in [0.4, 0.5) is 19.0 Å². The second-order valence-electron chi connectivity index (χ2n) is 2.89. The fourth-order valence-electron chi connectivity index (χ4n) is 1.04. The van der Waals surface area contributed by atoms with Gasteiger partial charge >= 0.3 is 12.2 Å². The van der Waals surface area contributed by atoms with Crippen LogP contribution in [0.1, 0.15) is 5.69 Å². The van der Waals surface area contributed by atoms with Gasteiger partial charge in [0.05, 0.1) is 9.64 Å². The molecule has 0 aliphatic rings. The van der Waals surface area contributed by atoms with E-state index in [1.165, 1.54) is 22.6 Å². The summed E-state index contributed by atoms with van der Waals surface area (Å²) in [6.07, 6.45) is -5.30. The molecule has 0 bridgehead atoms. The molecule has 1 rings (SSSR count). The minimum Gasteiger partial charge on any atom is -0.395 e. The maximum absolute atomic E-state index is 12.1. The van der Waals surface area contributed by atoms with Crippen LogP contribution in [0.3, 0.4) is 0 Å². The predicted octanol–water partition coefficient (Wildman–Crippen LogP) is 2.56. The summed E-state index contributed by atoms with van der Waals surface area (Å²) in [7, 11) is 0. The van der Waals surface area contributed by atoms with E-state index in [2.05, 4.69) is 9.72 Å². The monoisotopic (exact) mass is 373 g/mol. The van der Waals surface area contributed by atoms with Crippen molar-refractivity contribution in [3.8, 4) is 11.8 Å². The minimum absolute atomic E-state index is 0.00289. The number of pyridine rings is 1. The molecule has 1 aromatic heterocycles. The first-order valence-electron chi connectivity index (χ1n) is 4.21. The Bertz CT molecular complexity index is 527. The van der Waals surface area contributed by atoms with E-state index in [1.807, 2.05) is 0 Å². The molecular weight excluding hydrogens is 370 g/mol. The van der Waals surface area contributed by atoms with Crippen molar-refractivity contribution >= 4 is 28.4 Å². The molecule has 96 valence electrons. The highest BCUT2D eigenvalue weighted by atomic mass is 127. The van der Waals surface area contributed by atoms with E-state index in [0.717, 1.165) is 6.07 Å². The lowest BCUT2D eigenvalue weighted by molar-refractivity contribution is -0.393. The zero-order chi connectivity index (χ0) is 13.9. The van der Waals surface area contributed by atoms with Crippen LogP contribution in [-0.2, 0) is 6.42 Å². The number of nitriles is 1. The third-order valence-electron chi connectivity index (χ3n) is 1.61. The Morgan fingerprint density at radius 1 is 1.61 bits per heavy atom. The van der Waals surface area contributed by atoms with Crippen LogP contribution >= 0.6 is 22.6 Å². The standard InChI is InChI=1S/C8H3F3IN3O3/c9-8(10,11)18-6-5(12)3-4(1-2-13)14-7(6)15(16)17/h3H,1H2. The van der Waals surface area contributed by atoms with E-state index in [4.69, 9.17) is 5.26 Å². The SMILES string of the molecule is N#CCc1cc(I)c(OC(F)(F)F)c([N+](=O)[O-])n1. The van der Waals surface area contributed by atoms with Gasteiger partial charge in [0.1, 0.15) is 6.42 Å². The largest absolute Gasteiger partial charge is 0.573 e. The third kappa shape index (κ3) is 3.69. The van der Waals surface area contributed by atoms with Crippen molar-refractivity contribution in [3.63, 3.8) is 0 Å². The van der Waals surface area contributed by atoms with Crippen molar-refractivity contribution in [3.05, 3.63) is 25.4 Å². The molecule has 0 saturated heterocycles. The van der Waals surface area contributed by atoms with Crippen molar-refractivity contribution in [2.24, 2.45) is 0 Å². The van der Waals surface area contributed by atoms with Gasteiger partial charge < -0.3 is 14.9 Å². The van der Waals surface area contributed by atoms with Gasteiger partial charge in [0, 0.05) is 6.07 Å². The number of rotatable bonds is 3. The smallest absolute Gasteiger partial charge is 0.395 e. The van der Waals surface area contributed by atoms with Crippen molar-refractivity contribution in [1.82, 2.24) is 4.98 Å². The number of aromatic nitrogens is 1. The highest BCUT2D eigenvalue weighted by Gasteiger charge is 2.37. The summed E-state index contributed by atoms with van der Waals surface area (Å²) >= 11 is 1.45. The minimum atomic E-state index is -5.05. The van der Waals surface area contributed by atoms with Crippen LogP contribution in [0, 0.1) is 25.0 Å². The summed E-state index contributed by atoms with van der Waals surface area (Å²) in [5, 5.41) is 19.0. The van der Waals surface area contributed by atoms with E-state index in [0.29, 0.717) is 0 Å². The summed E-state index contributed by atoms with van der Waals surface area (Å²) < 4.78 is 39.7. The van der Waals surface area contributed by atoms with Crippen LogP contribution in [-0.4, -0.2) is 16.3 Å². The van der Waals surface area contributed by atoms with E-state index < -0.39 is 22.9 Å². The fraction of sp³-hybridized carbons (Fsp3) is 0.250. The number of hydrogen-bond acceptors (Lipinski definition) is 5. The molecule has 0 aliphatic carbocycles. The first-order valence-corrected chi connectivity index (χ1v) is 5.29. The normalized spacial score (nSPS) is 10.8. The molecule has 0 amide bonds. The summed E-state index contributed by atoms with van der Waals surface area (Å²) in [6, 6.07) is 2.82. The van der Waals surface area contributed by atoms with Gasteiger partial charge in [0.25, 0.3) is 0 Å². The second kappa shape index (κ2) is 5.34. The molecule has 0 fully saturated rings. The zero-order valence-electron chi connectivity index (χ0n) is 8.36. The summed E-state index contributed by atoms with van der Waals surface area (Å²) in [5.74, 6) is -2.04. The molecule has 1 aromatic rings. The predicted molar refractivity (Wildman–Crippen MR) is 59.6 cm³/mol. The Morgan fingerprint density at radius 3 is 2.67 bits per heavy atom. The summed E-state index contributed by atoms with van der Waals surface area (Å²) in [5.41, 5.74) is 0.00289. The number of hydrogen-bond donors (Lipinski definition) is 0. The fourth-order valence-corrected chi connectivity index (χ4v) is 1.75. The van der Waals surface area contributed by atoms with Gasteiger partial charge in [0.15, 0.2) is 5.69 Å². The Balaban J connectivity index is 3.33. The maximum Gasteiger partial charge on any atom is 0.573 e. The first kappa shape index (κ1) is 14.4. The Morgan fingerprint density at radius 2 is 2.22 bits per heavy atom. The van der Waals surface area contributed by atoms with Crippen LogP contribution in [0.15, 0.2) is 6.07 Å². The van der Waals surface area contributed by atoms with Crippen molar-refractivity contribution < 1.29 is 22.8 Å². The van der Waals surface area contributed by atoms with Crippen LogP contribution in [0.5, 0.6) is 5.75 Å². The average Bonchev–Trinajstić information content (AvgIpc) is 2.20. The van der Waals surface area contributed by atoms with Gasteiger partial charge in [-0.2, -0.15) is 5.26 Å². The molecule has 0 saturated carbocycles. The van der Waals surface area contributed by atoms with Gasteiger partial charge in [-0.05, 0) is 32.5 Å². The Hall–Kier alpha value is -1.64. The van der Waals surface area contributed by atoms with E-state index in [9.17, 15) is 23.3 Å². The molecule has 0 N–H and O–H groups in total. The maximum atomic E-state index is 12.1. The van der Waals surface area contributed by atoms with Crippen molar-refractivity contribution in [2.75, 3.05) is 0 Å². The number of ether oxygens (including phenoxy) is 1. The highest BCUT2D eigenvalue weighted by Crippen LogP contribution is 2.35. The Labute approximate surface area is 112 Å². The topological polar surface area (TPSA) is 89.0 Å². The molecule has 1 heterocycles. The number of halogens is 4. The molecule has 6 nitrogen and oxygen atoms in total. The average molecular weight is 373 g/mol. The summed E-state index contributed by atoms with van der Waals surface area (Å²) in [6.45, 7) is 0. The van der Waals surface area contributed by atoms with E-state index in [-0.39, 0.29) is 15.7 Å². The first-order chi connectivity index (χ1) is 8.24. The molecule has 0 aliphatic heterocycles. The zero-order valence-corrected chi connectivity index (χ0v) is 10.5. The number of nitrogens with zero attached hydrogens (tertiary/aromatic N) is 3. The molecule has 0 spiro atoms. The van der Waals surface area contributed by atoms with E-state index in [1.54, 1.807) is 6.07 Å². The lowest BCUT2D eigenvalue weighted by atomic mass is 10.3. The van der Waals surface area contributed by atoms with Crippen LogP contribution in [0.2, 0.25) is 0 Å². The Kier molecular flexibility index (Phi) is 4.28. The lowest BCUT2D eigenvalue weighted by Crippen LogP contribution is -2.19. The lowest BCUT2D eigenvalue weighted by Gasteiger charge is -2.10. The van der Waals surface area contributed by atoms with Gasteiger partial charge in [-0.1, -0.05) is 0 Å². The van der Waals surface area contributed by atoms with Crippen LogP contribution < -0.4 is 4.74 Å². The molecule has 0 atom stereocenters. The van der Waals surface area contributed by atoms with Crippen LogP contribution in [0.25, 0.3) is 0 Å². The molecule has 18 heavy (non-hydrogen) atoms. The van der Waals surface area contributed by atoms with Gasteiger partial charge in [-0.25, -0.2) is 0 Å². The van der Waals surface area contributed by atoms with E-state index >= 15 is 0 Å². The second-order valence-corrected chi connectivity index (χ2v) is 4.05. The molecule has 0 aromatic carbocycles. The number of alkyl halides is 3. The van der Waals surface area contributed by atoms with Gasteiger partial charge in [-0.15, -0.1) is 13.2 Å².